The number of nitrogens with one attached hydrogen (secondary N) is 2. The van der Waals surface area contributed by atoms with Crippen molar-refractivity contribution in [2.75, 3.05) is 11.4 Å². The molecule has 12 nitrogen and oxygen atoms in total. The SMILES string of the molecule is CC(C)(C)NC(=O)[C@H]1CC[C@H]2CCCC[C@H]2N1C[C@H]1C[C@@H](c2ccc(CO)cc2)O[C@@H](c2cccc(N3C(=O)CC(NC(=O)OCc4ccccc4)C3=O)c2)O1. The Balaban J connectivity index is 1.11. The molecule has 298 valence electrons. The summed E-state index contributed by atoms with van der Waals surface area (Å²) in [6.07, 6.45) is 4.43. The van der Waals surface area contributed by atoms with E-state index in [2.05, 4.69) is 15.5 Å². The average Bonchev–Trinajstić information content (AvgIpc) is 3.47. The van der Waals surface area contributed by atoms with E-state index in [1.165, 1.54) is 6.42 Å². The van der Waals surface area contributed by atoms with Crippen molar-refractivity contribution in [3.63, 3.8) is 0 Å². The molecule has 12 heteroatoms. The summed E-state index contributed by atoms with van der Waals surface area (Å²) in [4.78, 5) is 56.8. The molecule has 3 aliphatic heterocycles. The van der Waals surface area contributed by atoms with Gasteiger partial charge in [-0.05, 0) is 81.2 Å². The second kappa shape index (κ2) is 17.3. The van der Waals surface area contributed by atoms with Gasteiger partial charge >= 0.3 is 6.09 Å². The lowest BCUT2D eigenvalue weighted by Crippen LogP contribution is -2.61. The Morgan fingerprint density at radius 3 is 2.39 bits per heavy atom. The highest BCUT2D eigenvalue weighted by Gasteiger charge is 2.45. The third-order valence-corrected chi connectivity index (χ3v) is 11.4. The smallest absolute Gasteiger partial charge is 0.408 e. The first-order valence-corrected chi connectivity index (χ1v) is 20.0. The molecule has 7 rings (SSSR count). The maximum atomic E-state index is 13.8. The number of aliphatic hydroxyl groups is 1. The molecule has 3 aromatic carbocycles. The van der Waals surface area contributed by atoms with Gasteiger partial charge in [-0.2, -0.15) is 0 Å². The number of aliphatic hydroxyl groups excluding tert-OH is 1. The molecule has 3 saturated heterocycles. The van der Waals surface area contributed by atoms with E-state index >= 15 is 0 Å². The lowest BCUT2D eigenvalue weighted by molar-refractivity contribution is -0.255. The number of ether oxygens (including phenoxy) is 3. The molecule has 1 aliphatic carbocycles. The molecule has 7 atom stereocenters. The Bertz CT molecular complexity index is 1860. The van der Waals surface area contributed by atoms with Crippen molar-refractivity contribution in [1.82, 2.24) is 15.5 Å². The normalized spacial score (nSPS) is 27.1. The summed E-state index contributed by atoms with van der Waals surface area (Å²) in [5.41, 5.74) is 3.14. The van der Waals surface area contributed by atoms with Gasteiger partial charge in [-0.15, -0.1) is 0 Å². The average molecular weight is 767 g/mol. The number of alkyl carbamates (subject to hydrolysis) is 1. The van der Waals surface area contributed by atoms with Gasteiger partial charge in [-0.3, -0.25) is 19.3 Å². The van der Waals surface area contributed by atoms with Crippen molar-refractivity contribution in [2.24, 2.45) is 5.92 Å². The van der Waals surface area contributed by atoms with Crippen LogP contribution in [-0.2, 0) is 41.8 Å². The number of likely N-dealkylation sites (tertiary alicyclic amines) is 1. The first kappa shape index (κ1) is 39.6. The van der Waals surface area contributed by atoms with E-state index in [1.807, 2.05) is 81.4 Å². The molecule has 0 bridgehead atoms. The van der Waals surface area contributed by atoms with E-state index in [0.717, 1.165) is 53.7 Å². The van der Waals surface area contributed by atoms with Gasteiger partial charge in [0.05, 0.1) is 37.0 Å². The summed E-state index contributed by atoms with van der Waals surface area (Å²) < 4.78 is 18.8. The number of carbonyl (C=O) groups is 4. The predicted molar refractivity (Wildman–Crippen MR) is 209 cm³/mol. The number of benzene rings is 3. The third-order valence-electron chi connectivity index (χ3n) is 11.4. The molecule has 0 aromatic heterocycles. The van der Waals surface area contributed by atoms with Gasteiger partial charge in [0.25, 0.3) is 5.91 Å². The number of amides is 4. The number of carbonyl (C=O) groups excluding carboxylic acids is 4. The Hall–Kier alpha value is -4.62. The lowest BCUT2D eigenvalue weighted by Gasteiger charge is -2.50. The molecule has 4 aliphatic rings. The number of fused-ring (bicyclic) bond motifs is 1. The van der Waals surface area contributed by atoms with Crippen LogP contribution in [0.15, 0.2) is 78.9 Å². The maximum absolute atomic E-state index is 13.8. The van der Waals surface area contributed by atoms with Gasteiger partial charge in [-0.25, -0.2) is 9.69 Å². The van der Waals surface area contributed by atoms with Crippen LogP contribution in [0.25, 0.3) is 0 Å². The Labute approximate surface area is 328 Å². The first-order valence-electron chi connectivity index (χ1n) is 20.0. The van der Waals surface area contributed by atoms with E-state index < -0.39 is 30.2 Å². The molecule has 3 N–H and O–H groups in total. The monoisotopic (exact) mass is 766 g/mol. The standard InChI is InChI=1S/C44H54N4O8/c1-44(2,3)46-40(51)37-21-20-30-12-7-8-15-36(30)47(37)25-34-23-38(31-18-16-28(26-49)17-19-31)56-42(55-34)32-13-9-14-33(22-32)48-39(50)24-35(41(48)52)45-43(53)54-27-29-10-5-4-6-11-29/h4-6,9-11,13-14,16-19,22,30,34-38,42,49H,7-8,12,15,20-21,23-27H2,1-3H3,(H,45,53)(H,46,51)/t30-,34-,35?,36-,37-,38+,42+/m1/s1. The molecule has 56 heavy (non-hydrogen) atoms. The van der Waals surface area contributed by atoms with Crippen LogP contribution in [-0.4, -0.2) is 70.1 Å². The van der Waals surface area contributed by atoms with Crippen LogP contribution in [0.5, 0.6) is 0 Å². The third kappa shape index (κ3) is 9.32. The van der Waals surface area contributed by atoms with Crippen LogP contribution in [0.1, 0.15) is 107 Å². The van der Waals surface area contributed by atoms with Gasteiger partial charge < -0.3 is 30.0 Å². The first-order chi connectivity index (χ1) is 27.0. The minimum Gasteiger partial charge on any atom is -0.445 e. The Morgan fingerprint density at radius 2 is 1.64 bits per heavy atom. The molecular weight excluding hydrogens is 713 g/mol. The number of hydrogen-bond donors (Lipinski definition) is 3. The van der Waals surface area contributed by atoms with Crippen LogP contribution in [0.2, 0.25) is 0 Å². The topological polar surface area (TPSA) is 147 Å². The van der Waals surface area contributed by atoms with Crippen molar-refractivity contribution in [1.29, 1.82) is 0 Å². The molecule has 3 heterocycles. The molecule has 4 fully saturated rings. The Kier molecular flexibility index (Phi) is 12.2. The summed E-state index contributed by atoms with van der Waals surface area (Å²) in [6.45, 7) is 6.54. The highest BCUT2D eigenvalue weighted by Crippen LogP contribution is 2.42. The fraction of sp³-hybridized carbons (Fsp3) is 0.500. The number of anilines is 1. The van der Waals surface area contributed by atoms with Crippen LogP contribution in [0.4, 0.5) is 10.5 Å². The minimum absolute atomic E-state index is 0.0337. The van der Waals surface area contributed by atoms with Gasteiger partial charge in [0.15, 0.2) is 6.29 Å². The quantitative estimate of drug-likeness (QED) is 0.205. The molecular formula is C44H54N4O8. The van der Waals surface area contributed by atoms with Gasteiger partial charge in [0.2, 0.25) is 11.8 Å². The van der Waals surface area contributed by atoms with Crippen molar-refractivity contribution in [3.05, 3.63) is 101 Å². The number of hydrogen-bond acceptors (Lipinski definition) is 9. The zero-order chi connectivity index (χ0) is 39.4. The lowest BCUT2D eigenvalue weighted by atomic mass is 9.75. The van der Waals surface area contributed by atoms with Crippen LogP contribution in [0, 0.1) is 5.92 Å². The molecule has 0 spiro atoms. The summed E-state index contributed by atoms with van der Waals surface area (Å²) >= 11 is 0. The minimum atomic E-state index is -1.07. The second-order valence-corrected chi connectivity index (χ2v) is 16.6. The number of imide groups is 1. The molecule has 4 amide bonds. The van der Waals surface area contributed by atoms with Crippen molar-refractivity contribution in [3.8, 4) is 0 Å². The summed E-state index contributed by atoms with van der Waals surface area (Å²) in [7, 11) is 0. The highest BCUT2D eigenvalue weighted by molar-refractivity contribution is 6.22. The van der Waals surface area contributed by atoms with E-state index in [1.54, 1.807) is 18.2 Å². The van der Waals surface area contributed by atoms with Gasteiger partial charge in [0, 0.05) is 30.1 Å². The zero-order valence-electron chi connectivity index (χ0n) is 32.5. The maximum Gasteiger partial charge on any atom is 0.408 e. The fourth-order valence-electron chi connectivity index (χ4n) is 8.73. The van der Waals surface area contributed by atoms with Crippen molar-refractivity contribution >= 4 is 29.5 Å². The Morgan fingerprint density at radius 1 is 0.875 bits per heavy atom. The molecule has 3 aromatic rings. The summed E-state index contributed by atoms with van der Waals surface area (Å²) in [5, 5.41) is 15.5. The largest absolute Gasteiger partial charge is 0.445 e. The van der Waals surface area contributed by atoms with Crippen LogP contribution >= 0.6 is 0 Å². The summed E-state index contributed by atoms with van der Waals surface area (Å²) in [5.74, 6) is -0.416. The fourth-order valence-corrected chi connectivity index (χ4v) is 8.73. The summed E-state index contributed by atoms with van der Waals surface area (Å²) in [6, 6.07) is 22.8. The molecule has 0 radical (unpaired) electrons. The van der Waals surface area contributed by atoms with Gasteiger partial charge in [0.1, 0.15) is 12.6 Å². The predicted octanol–water partition coefficient (Wildman–Crippen LogP) is 6.22. The van der Waals surface area contributed by atoms with E-state index in [4.69, 9.17) is 14.2 Å². The number of nitrogens with zero attached hydrogens (tertiary/aromatic N) is 2. The number of rotatable bonds is 10. The second-order valence-electron chi connectivity index (χ2n) is 16.6. The van der Waals surface area contributed by atoms with Crippen molar-refractivity contribution < 1.29 is 38.5 Å². The van der Waals surface area contributed by atoms with E-state index in [-0.39, 0.29) is 55.4 Å². The number of piperidine rings is 1. The van der Waals surface area contributed by atoms with E-state index in [0.29, 0.717) is 30.1 Å². The van der Waals surface area contributed by atoms with Crippen LogP contribution in [0.3, 0.4) is 0 Å². The molecule has 1 unspecified atom stereocenters. The highest BCUT2D eigenvalue weighted by atomic mass is 16.7. The molecule has 1 saturated carbocycles. The van der Waals surface area contributed by atoms with Gasteiger partial charge in [-0.1, -0.05) is 79.6 Å². The zero-order valence-corrected chi connectivity index (χ0v) is 32.5. The van der Waals surface area contributed by atoms with E-state index in [9.17, 15) is 24.3 Å². The van der Waals surface area contributed by atoms with Crippen molar-refractivity contribution in [2.45, 2.75) is 128 Å². The van der Waals surface area contributed by atoms with Crippen LogP contribution < -0.4 is 15.5 Å².